The molecule has 1 amide bonds. The van der Waals surface area contributed by atoms with Crippen LogP contribution in [0.3, 0.4) is 0 Å². The quantitative estimate of drug-likeness (QED) is 0.839. The van der Waals surface area contributed by atoms with Crippen molar-refractivity contribution in [1.29, 1.82) is 0 Å². The summed E-state index contributed by atoms with van der Waals surface area (Å²) < 4.78 is 5.24. The van der Waals surface area contributed by atoms with Crippen LogP contribution in [0.2, 0.25) is 0 Å². The van der Waals surface area contributed by atoms with Crippen LogP contribution in [0.4, 0.5) is 17.1 Å². The van der Waals surface area contributed by atoms with Gasteiger partial charge in [0.25, 0.3) is 5.91 Å². The normalized spacial score (nSPS) is 14.2. The highest BCUT2D eigenvalue weighted by atomic mass is 16.5. The van der Waals surface area contributed by atoms with Crippen LogP contribution in [0, 0.1) is 0 Å². The number of carbonyl (C=O) groups is 1. The second-order valence-electron chi connectivity index (χ2n) is 4.78. The Balaban J connectivity index is 2.12. The predicted octanol–water partition coefficient (Wildman–Crippen LogP) is 2.81. The van der Waals surface area contributed by atoms with E-state index in [9.17, 15) is 4.79 Å². The molecule has 0 N–H and O–H groups in total. The molecule has 4 heteroatoms. The molecule has 0 fully saturated rings. The zero-order valence-corrected chi connectivity index (χ0v) is 11.5. The molecule has 20 heavy (non-hydrogen) atoms. The fraction of sp³-hybridized carbons (Fsp3) is 0.188. The third kappa shape index (κ3) is 1.99. The van der Waals surface area contributed by atoms with Crippen LogP contribution >= 0.6 is 0 Å². The van der Waals surface area contributed by atoms with E-state index in [-0.39, 0.29) is 5.91 Å². The Morgan fingerprint density at radius 1 is 1.05 bits per heavy atom. The van der Waals surface area contributed by atoms with E-state index in [1.165, 1.54) is 0 Å². The molecule has 2 aromatic carbocycles. The third-order valence-corrected chi connectivity index (χ3v) is 3.47. The minimum absolute atomic E-state index is 0.0550. The number of ether oxygens (including phenoxy) is 1. The summed E-state index contributed by atoms with van der Waals surface area (Å²) in [7, 11) is 3.55. The van der Waals surface area contributed by atoms with Gasteiger partial charge in [-0.05, 0) is 24.3 Å². The number of rotatable bonds is 2. The van der Waals surface area contributed by atoms with E-state index in [1.807, 2.05) is 60.5 Å². The van der Waals surface area contributed by atoms with Crippen molar-refractivity contribution >= 4 is 23.0 Å². The van der Waals surface area contributed by atoms with Crippen LogP contribution in [0.1, 0.15) is 0 Å². The molecule has 0 aromatic heterocycles. The summed E-state index contributed by atoms with van der Waals surface area (Å²) in [5, 5.41) is 0. The standard InChI is InChI=1S/C16H16N2O2/c1-17-11-16(19)18(15-9-4-3-8-14(15)17)12-6-5-7-13(10-12)20-2/h3-10H,11H2,1-2H3. The van der Waals surface area contributed by atoms with Gasteiger partial charge in [-0.25, -0.2) is 0 Å². The minimum Gasteiger partial charge on any atom is -0.497 e. The Labute approximate surface area is 118 Å². The van der Waals surface area contributed by atoms with Crippen molar-refractivity contribution in [3.8, 4) is 5.75 Å². The molecule has 0 aliphatic carbocycles. The SMILES string of the molecule is COc1cccc(N2C(=O)CN(C)c3ccccc32)c1. The van der Waals surface area contributed by atoms with Gasteiger partial charge < -0.3 is 9.64 Å². The van der Waals surface area contributed by atoms with Gasteiger partial charge in [-0.15, -0.1) is 0 Å². The highest BCUT2D eigenvalue weighted by molar-refractivity contribution is 6.08. The second kappa shape index (κ2) is 4.89. The van der Waals surface area contributed by atoms with Gasteiger partial charge in [0.1, 0.15) is 5.75 Å². The lowest BCUT2D eigenvalue weighted by Gasteiger charge is -2.35. The van der Waals surface area contributed by atoms with Crippen molar-refractivity contribution in [3.63, 3.8) is 0 Å². The van der Waals surface area contributed by atoms with Crippen LogP contribution in [0.25, 0.3) is 0 Å². The van der Waals surface area contributed by atoms with Crippen LogP contribution in [-0.2, 0) is 4.79 Å². The molecule has 0 bridgehead atoms. The number of hydrogen-bond acceptors (Lipinski definition) is 3. The molecule has 0 spiro atoms. The van der Waals surface area contributed by atoms with E-state index >= 15 is 0 Å². The van der Waals surface area contributed by atoms with Crippen molar-refractivity contribution in [2.45, 2.75) is 0 Å². The Hall–Kier alpha value is -2.49. The summed E-state index contributed by atoms with van der Waals surface area (Å²) in [6.45, 7) is 0.369. The molecule has 4 nitrogen and oxygen atoms in total. The second-order valence-corrected chi connectivity index (χ2v) is 4.78. The maximum Gasteiger partial charge on any atom is 0.251 e. The zero-order chi connectivity index (χ0) is 14.1. The average Bonchev–Trinajstić information content (AvgIpc) is 2.47. The molecule has 102 valence electrons. The number of para-hydroxylation sites is 2. The maximum absolute atomic E-state index is 12.4. The first kappa shape index (κ1) is 12.5. The van der Waals surface area contributed by atoms with Gasteiger partial charge in [-0.2, -0.15) is 0 Å². The molecule has 0 radical (unpaired) electrons. The monoisotopic (exact) mass is 268 g/mol. The van der Waals surface area contributed by atoms with E-state index in [1.54, 1.807) is 12.0 Å². The number of methoxy groups -OCH3 is 1. The Morgan fingerprint density at radius 2 is 1.80 bits per heavy atom. The van der Waals surface area contributed by atoms with Crippen molar-refractivity contribution in [2.75, 3.05) is 30.5 Å². The summed E-state index contributed by atoms with van der Waals surface area (Å²) in [6.07, 6.45) is 0. The number of benzene rings is 2. The summed E-state index contributed by atoms with van der Waals surface area (Å²) in [5.74, 6) is 0.797. The highest BCUT2D eigenvalue weighted by Gasteiger charge is 2.28. The average molecular weight is 268 g/mol. The lowest BCUT2D eigenvalue weighted by atomic mass is 10.1. The Bertz CT molecular complexity index is 654. The maximum atomic E-state index is 12.4. The van der Waals surface area contributed by atoms with Gasteiger partial charge in [0, 0.05) is 13.1 Å². The van der Waals surface area contributed by atoms with Gasteiger partial charge in [-0.3, -0.25) is 9.69 Å². The molecule has 1 heterocycles. The molecule has 0 saturated heterocycles. The number of carbonyl (C=O) groups excluding carboxylic acids is 1. The number of hydrogen-bond donors (Lipinski definition) is 0. The summed E-state index contributed by atoms with van der Waals surface area (Å²) in [6, 6.07) is 15.5. The molecule has 2 aromatic rings. The minimum atomic E-state index is 0.0550. The fourth-order valence-corrected chi connectivity index (χ4v) is 2.50. The third-order valence-electron chi connectivity index (χ3n) is 3.47. The summed E-state index contributed by atoms with van der Waals surface area (Å²) in [5.41, 5.74) is 2.78. The number of anilines is 3. The first-order valence-electron chi connectivity index (χ1n) is 6.48. The van der Waals surface area contributed by atoms with E-state index in [2.05, 4.69) is 0 Å². The molecular formula is C16H16N2O2. The van der Waals surface area contributed by atoms with Gasteiger partial charge in [0.15, 0.2) is 0 Å². The lowest BCUT2D eigenvalue weighted by molar-refractivity contribution is -0.116. The molecule has 0 atom stereocenters. The molecule has 3 rings (SSSR count). The summed E-state index contributed by atoms with van der Waals surface area (Å²) >= 11 is 0. The van der Waals surface area contributed by atoms with Gasteiger partial charge in [0.2, 0.25) is 0 Å². The molecular weight excluding hydrogens is 252 g/mol. The van der Waals surface area contributed by atoms with Crippen molar-refractivity contribution in [1.82, 2.24) is 0 Å². The number of nitrogens with zero attached hydrogens (tertiary/aromatic N) is 2. The van der Waals surface area contributed by atoms with Crippen LogP contribution in [0.5, 0.6) is 5.75 Å². The number of likely N-dealkylation sites (N-methyl/N-ethyl adjacent to an activating group) is 1. The fourth-order valence-electron chi connectivity index (χ4n) is 2.50. The smallest absolute Gasteiger partial charge is 0.251 e. The molecule has 1 aliphatic heterocycles. The van der Waals surface area contributed by atoms with Gasteiger partial charge >= 0.3 is 0 Å². The van der Waals surface area contributed by atoms with E-state index < -0.39 is 0 Å². The first-order valence-corrected chi connectivity index (χ1v) is 6.48. The van der Waals surface area contributed by atoms with Crippen LogP contribution in [-0.4, -0.2) is 26.6 Å². The Kier molecular flexibility index (Phi) is 3.06. The van der Waals surface area contributed by atoms with Crippen LogP contribution < -0.4 is 14.5 Å². The Morgan fingerprint density at radius 3 is 2.55 bits per heavy atom. The van der Waals surface area contributed by atoms with E-state index in [0.29, 0.717) is 6.54 Å². The highest BCUT2D eigenvalue weighted by Crippen LogP contribution is 2.38. The van der Waals surface area contributed by atoms with E-state index in [4.69, 9.17) is 4.74 Å². The molecule has 0 saturated carbocycles. The van der Waals surface area contributed by atoms with Crippen LogP contribution in [0.15, 0.2) is 48.5 Å². The van der Waals surface area contributed by atoms with Crippen molar-refractivity contribution < 1.29 is 9.53 Å². The van der Waals surface area contributed by atoms with Crippen molar-refractivity contribution in [3.05, 3.63) is 48.5 Å². The number of fused-ring (bicyclic) bond motifs is 1. The molecule has 1 aliphatic rings. The topological polar surface area (TPSA) is 32.8 Å². The summed E-state index contributed by atoms with van der Waals surface area (Å²) in [4.78, 5) is 16.1. The van der Waals surface area contributed by atoms with Crippen molar-refractivity contribution in [2.24, 2.45) is 0 Å². The zero-order valence-electron chi connectivity index (χ0n) is 11.5. The van der Waals surface area contributed by atoms with E-state index in [0.717, 1.165) is 22.8 Å². The lowest BCUT2D eigenvalue weighted by Crippen LogP contribution is -2.41. The van der Waals surface area contributed by atoms with Gasteiger partial charge in [0.05, 0.1) is 30.7 Å². The number of amides is 1. The first-order chi connectivity index (χ1) is 9.70. The predicted molar refractivity (Wildman–Crippen MR) is 79.9 cm³/mol. The largest absolute Gasteiger partial charge is 0.497 e. The van der Waals surface area contributed by atoms with Gasteiger partial charge in [-0.1, -0.05) is 18.2 Å². The molecule has 0 unspecified atom stereocenters.